The monoisotopic (exact) mass is 445 g/mol. The number of nitrogens with one attached hydrogen (secondary N) is 1. The number of thiophene rings is 1. The van der Waals surface area contributed by atoms with Crippen LogP contribution >= 0.6 is 11.3 Å². The van der Waals surface area contributed by atoms with E-state index in [0.717, 1.165) is 36.2 Å². The van der Waals surface area contributed by atoms with Crippen molar-refractivity contribution in [2.75, 3.05) is 4.72 Å². The van der Waals surface area contributed by atoms with Crippen molar-refractivity contribution in [3.8, 4) is 15.5 Å². The Balaban J connectivity index is 1.93. The lowest BCUT2D eigenvalue weighted by atomic mass is 10.1. The highest BCUT2D eigenvalue weighted by atomic mass is 32.2. The molecule has 0 fully saturated rings. The zero-order valence-electron chi connectivity index (χ0n) is 16.7. The largest absolute Gasteiger partial charge is 0.512 e. The average molecular weight is 446 g/mol. The van der Waals surface area contributed by atoms with Gasteiger partial charge in [0, 0.05) is 4.88 Å². The van der Waals surface area contributed by atoms with Crippen molar-refractivity contribution in [2.45, 2.75) is 38.0 Å². The van der Waals surface area contributed by atoms with Crippen molar-refractivity contribution in [2.24, 2.45) is 0 Å². The molecule has 0 atom stereocenters. The summed E-state index contributed by atoms with van der Waals surface area (Å²) in [5.74, 6) is 0. The molecule has 8 heteroatoms. The first-order valence-electron chi connectivity index (χ1n) is 9.52. The average Bonchev–Trinajstić information content (AvgIpc) is 3.08. The number of rotatable bonds is 8. The van der Waals surface area contributed by atoms with Crippen LogP contribution in [0.15, 0.2) is 59.5 Å². The molecule has 3 aromatic rings. The molecule has 2 N–H and O–H groups in total. The number of sulfonamides is 1. The molecule has 6 nitrogen and oxygen atoms in total. The molecule has 0 unspecified atom stereocenters. The number of carboxylic acid groups (broad SMARTS) is 1. The second-order valence-electron chi connectivity index (χ2n) is 6.85. The summed E-state index contributed by atoms with van der Waals surface area (Å²) < 4.78 is 33.0. The van der Waals surface area contributed by atoms with Gasteiger partial charge in [0.2, 0.25) is 5.06 Å². The van der Waals surface area contributed by atoms with Gasteiger partial charge in [-0.25, -0.2) is 13.2 Å². The Morgan fingerprint density at radius 2 is 1.83 bits per heavy atom. The molecular weight excluding hydrogens is 422 g/mol. The Labute approximate surface area is 180 Å². The van der Waals surface area contributed by atoms with Crippen LogP contribution in [0.4, 0.5) is 10.5 Å². The van der Waals surface area contributed by atoms with Gasteiger partial charge in [-0.3, -0.25) is 4.72 Å². The number of anilines is 1. The Morgan fingerprint density at radius 1 is 1.13 bits per heavy atom. The molecule has 0 saturated heterocycles. The van der Waals surface area contributed by atoms with Gasteiger partial charge in [0.1, 0.15) is 5.69 Å². The molecule has 0 aliphatic rings. The summed E-state index contributed by atoms with van der Waals surface area (Å²) in [5.41, 5.74) is 2.76. The third-order valence-corrected chi connectivity index (χ3v) is 7.15. The first-order chi connectivity index (χ1) is 14.3. The van der Waals surface area contributed by atoms with Crippen molar-refractivity contribution >= 4 is 33.2 Å². The molecule has 0 radical (unpaired) electrons. The lowest BCUT2D eigenvalue weighted by molar-refractivity contribution is 0.146. The van der Waals surface area contributed by atoms with Crippen LogP contribution in [0.25, 0.3) is 10.4 Å². The summed E-state index contributed by atoms with van der Waals surface area (Å²) in [6.45, 7) is 3.84. The minimum Gasteiger partial charge on any atom is -0.449 e. The molecule has 0 aliphatic heterocycles. The van der Waals surface area contributed by atoms with Crippen LogP contribution in [0.2, 0.25) is 0 Å². The van der Waals surface area contributed by atoms with Gasteiger partial charge in [0.05, 0.1) is 4.90 Å². The Kier molecular flexibility index (Phi) is 6.79. The molecule has 0 bridgehead atoms. The molecular formula is C22H23NO5S2. The minimum atomic E-state index is -3.90. The van der Waals surface area contributed by atoms with E-state index in [1.165, 1.54) is 11.6 Å². The van der Waals surface area contributed by atoms with Crippen molar-refractivity contribution in [3.05, 3.63) is 65.7 Å². The van der Waals surface area contributed by atoms with E-state index in [-0.39, 0.29) is 15.6 Å². The SMILES string of the molecule is CCCCc1ccc(-c2cc(NS(=O)(=O)c3ccccc3C)c(OC(=O)O)s2)cc1. The lowest BCUT2D eigenvalue weighted by Gasteiger charge is -2.10. The van der Waals surface area contributed by atoms with E-state index in [1.54, 1.807) is 31.2 Å². The summed E-state index contributed by atoms with van der Waals surface area (Å²) in [5, 5.41) is 9.03. The van der Waals surface area contributed by atoms with Gasteiger partial charge in [0.25, 0.3) is 10.0 Å². The highest BCUT2D eigenvalue weighted by Crippen LogP contribution is 2.42. The van der Waals surface area contributed by atoms with Gasteiger partial charge < -0.3 is 9.84 Å². The maximum atomic E-state index is 12.8. The summed E-state index contributed by atoms with van der Waals surface area (Å²) in [6.07, 6.45) is 1.72. The van der Waals surface area contributed by atoms with Gasteiger partial charge >= 0.3 is 6.16 Å². The van der Waals surface area contributed by atoms with Crippen molar-refractivity contribution in [1.29, 1.82) is 0 Å². The third kappa shape index (κ3) is 5.20. The Bertz CT molecular complexity index is 1130. The first kappa shape index (κ1) is 21.9. The zero-order valence-corrected chi connectivity index (χ0v) is 18.3. The van der Waals surface area contributed by atoms with E-state index in [4.69, 9.17) is 9.84 Å². The molecule has 1 heterocycles. The van der Waals surface area contributed by atoms with E-state index >= 15 is 0 Å². The zero-order chi connectivity index (χ0) is 21.7. The topological polar surface area (TPSA) is 92.7 Å². The molecule has 0 spiro atoms. The molecule has 30 heavy (non-hydrogen) atoms. The second-order valence-corrected chi connectivity index (χ2v) is 9.52. The van der Waals surface area contributed by atoms with Crippen LogP contribution in [-0.2, 0) is 16.4 Å². The summed E-state index contributed by atoms with van der Waals surface area (Å²) >= 11 is 1.07. The fraction of sp³-hybridized carbons (Fsp3) is 0.227. The van der Waals surface area contributed by atoms with E-state index in [0.29, 0.717) is 10.4 Å². The van der Waals surface area contributed by atoms with Gasteiger partial charge in [-0.2, -0.15) is 0 Å². The molecule has 2 aromatic carbocycles. The van der Waals surface area contributed by atoms with E-state index in [1.807, 2.05) is 24.3 Å². The highest BCUT2D eigenvalue weighted by molar-refractivity contribution is 7.92. The molecule has 3 rings (SSSR count). The van der Waals surface area contributed by atoms with E-state index in [2.05, 4.69) is 11.6 Å². The van der Waals surface area contributed by atoms with Gasteiger partial charge in [-0.05, 0) is 48.6 Å². The van der Waals surface area contributed by atoms with Crippen LogP contribution in [0.1, 0.15) is 30.9 Å². The van der Waals surface area contributed by atoms with Gasteiger partial charge in [0.15, 0.2) is 0 Å². The standard InChI is InChI=1S/C22H23NO5S2/c1-3-4-8-16-10-12-17(13-11-16)19-14-18(21(29-19)28-22(24)25)23-30(26,27)20-9-6-5-7-15(20)2/h5-7,9-14,23H,3-4,8H2,1-2H3,(H,24,25). The fourth-order valence-corrected chi connectivity index (χ4v) is 5.35. The number of ether oxygens (including phenoxy) is 1. The van der Waals surface area contributed by atoms with Crippen LogP contribution in [0, 0.1) is 6.92 Å². The van der Waals surface area contributed by atoms with Gasteiger partial charge in [-0.1, -0.05) is 67.1 Å². The number of benzene rings is 2. The number of hydrogen-bond donors (Lipinski definition) is 2. The van der Waals surface area contributed by atoms with Crippen LogP contribution in [0.5, 0.6) is 5.06 Å². The third-order valence-electron chi connectivity index (χ3n) is 4.56. The second kappa shape index (κ2) is 9.32. The number of carbonyl (C=O) groups is 1. The van der Waals surface area contributed by atoms with E-state index in [9.17, 15) is 13.2 Å². The highest BCUT2D eigenvalue weighted by Gasteiger charge is 2.22. The van der Waals surface area contributed by atoms with Crippen LogP contribution < -0.4 is 9.46 Å². The Morgan fingerprint density at radius 3 is 2.47 bits per heavy atom. The lowest BCUT2D eigenvalue weighted by Crippen LogP contribution is -2.15. The maximum absolute atomic E-state index is 12.8. The summed E-state index contributed by atoms with van der Waals surface area (Å²) in [6, 6.07) is 16.1. The van der Waals surface area contributed by atoms with Crippen LogP contribution in [0.3, 0.4) is 0 Å². The van der Waals surface area contributed by atoms with Crippen molar-refractivity contribution in [1.82, 2.24) is 0 Å². The number of aryl methyl sites for hydroxylation is 2. The first-order valence-corrected chi connectivity index (χ1v) is 11.8. The molecule has 1 aromatic heterocycles. The molecule has 0 saturated carbocycles. The van der Waals surface area contributed by atoms with Gasteiger partial charge in [-0.15, -0.1) is 0 Å². The smallest absolute Gasteiger partial charge is 0.449 e. The Hall–Kier alpha value is -2.84. The van der Waals surface area contributed by atoms with E-state index < -0.39 is 16.2 Å². The molecule has 0 aliphatic carbocycles. The predicted octanol–water partition coefficient (Wildman–Crippen LogP) is 5.92. The van der Waals surface area contributed by atoms with Crippen molar-refractivity contribution in [3.63, 3.8) is 0 Å². The molecule has 0 amide bonds. The number of hydrogen-bond acceptors (Lipinski definition) is 5. The van der Waals surface area contributed by atoms with Crippen molar-refractivity contribution < 1.29 is 23.1 Å². The van der Waals surface area contributed by atoms with Crippen LogP contribution in [-0.4, -0.2) is 19.7 Å². The normalized spacial score (nSPS) is 11.3. The minimum absolute atomic E-state index is 0.0234. The summed E-state index contributed by atoms with van der Waals surface area (Å²) in [4.78, 5) is 11.9. The molecule has 158 valence electrons. The quantitative estimate of drug-likeness (QED) is 0.420. The fourth-order valence-electron chi connectivity index (χ4n) is 3.02. The maximum Gasteiger partial charge on any atom is 0.512 e. The number of unbranched alkanes of at least 4 members (excludes halogenated alkanes) is 1. The summed E-state index contributed by atoms with van der Waals surface area (Å²) in [7, 11) is -3.90. The predicted molar refractivity (Wildman–Crippen MR) is 119 cm³/mol.